The number of H-pyrrole nitrogens is 1. The topological polar surface area (TPSA) is 84.8 Å². The first-order chi connectivity index (χ1) is 6.77. The van der Waals surface area contributed by atoms with Crippen LogP contribution in [0.4, 0.5) is 0 Å². The maximum absolute atomic E-state index is 11.0. The normalized spacial score (nSPS) is 11.7. The van der Waals surface area contributed by atoms with Gasteiger partial charge in [0.2, 0.25) is 0 Å². The van der Waals surface area contributed by atoms with Crippen LogP contribution in [0.1, 0.15) is 20.3 Å². The van der Waals surface area contributed by atoms with E-state index in [1.54, 1.807) is 0 Å². The molecule has 0 spiro atoms. The van der Waals surface area contributed by atoms with Crippen LogP contribution < -0.4 is 11.2 Å². The Kier molecular flexibility index (Phi) is 3.86. The molecule has 1 heterocycles. The molecule has 2 N–H and O–H groups in total. The fourth-order valence-corrected chi connectivity index (χ4v) is 0.792. The van der Waals surface area contributed by atoms with Gasteiger partial charge in [-0.05, 0) is 23.8 Å². The van der Waals surface area contributed by atoms with Gasteiger partial charge in [0, 0.05) is 0 Å². The zero-order chi connectivity index (χ0) is 10.4. The van der Waals surface area contributed by atoms with E-state index in [2.05, 4.69) is 21.0 Å². The van der Waals surface area contributed by atoms with Gasteiger partial charge in [0.25, 0.3) is 0 Å². The van der Waals surface area contributed by atoms with Crippen LogP contribution in [0, 0.1) is 0 Å². The minimum atomic E-state index is -0.380. The third-order valence-corrected chi connectivity index (χ3v) is 1.50. The Bertz CT molecular complexity index is 353. The minimum Gasteiger partial charge on any atom is -0.277 e. The number of aromatic amines is 1. The van der Waals surface area contributed by atoms with Crippen LogP contribution in [0.2, 0.25) is 0 Å². The van der Waals surface area contributed by atoms with Crippen molar-refractivity contribution in [1.82, 2.24) is 25.7 Å². The van der Waals surface area contributed by atoms with Crippen LogP contribution in [-0.2, 0) is 4.84 Å². The van der Waals surface area contributed by atoms with E-state index in [1.807, 2.05) is 13.8 Å². The summed E-state index contributed by atoms with van der Waals surface area (Å²) in [6, 6.07) is 0. The fraction of sp³-hybridized carbons (Fsp3) is 0.571. The molecule has 0 fully saturated rings. The van der Waals surface area contributed by atoms with Gasteiger partial charge in [-0.1, -0.05) is 6.92 Å². The van der Waals surface area contributed by atoms with Gasteiger partial charge in [-0.2, -0.15) is 4.68 Å². The molecule has 0 amide bonds. The average molecular weight is 199 g/mol. The maximum atomic E-state index is 11.0. The summed E-state index contributed by atoms with van der Waals surface area (Å²) in [6.45, 7) is 4.34. The number of hydroxylamine groups is 1. The third kappa shape index (κ3) is 2.70. The van der Waals surface area contributed by atoms with E-state index in [0.29, 0.717) is 13.0 Å². The largest absolute Gasteiger partial charge is 0.365 e. The van der Waals surface area contributed by atoms with Crippen molar-refractivity contribution in [1.29, 1.82) is 0 Å². The van der Waals surface area contributed by atoms with Crippen LogP contribution >= 0.6 is 0 Å². The molecule has 0 aromatic carbocycles. The molecule has 7 nitrogen and oxygen atoms in total. The predicted molar refractivity (Wildman–Crippen MR) is 50.0 cm³/mol. The molecule has 1 aromatic rings. The average Bonchev–Trinajstić information content (AvgIpc) is 2.59. The van der Waals surface area contributed by atoms with Crippen LogP contribution in [0.5, 0.6) is 0 Å². The number of hydrogen-bond donors (Lipinski definition) is 2. The number of hydrogen-bond acceptors (Lipinski definition) is 5. The van der Waals surface area contributed by atoms with Crippen molar-refractivity contribution < 1.29 is 4.84 Å². The number of rotatable bonds is 5. The summed E-state index contributed by atoms with van der Waals surface area (Å²) < 4.78 is 1.10. The Hall–Kier alpha value is -1.63. The molecular formula is C7H13N5O2. The molecule has 0 saturated carbocycles. The standard InChI is InChI=1S/C7H13N5O2/c1-3-6(9-14-4-2)5-12-7(13)8-10-11-12/h5,9H,3-4H2,1-2H3,(H,8,11,13). The van der Waals surface area contributed by atoms with Gasteiger partial charge in [-0.15, -0.1) is 0 Å². The lowest BCUT2D eigenvalue weighted by Crippen LogP contribution is -2.18. The highest BCUT2D eigenvalue weighted by Crippen LogP contribution is 1.95. The van der Waals surface area contributed by atoms with Crippen molar-refractivity contribution >= 4 is 6.20 Å². The van der Waals surface area contributed by atoms with Gasteiger partial charge in [0.05, 0.1) is 18.5 Å². The monoisotopic (exact) mass is 199 g/mol. The highest BCUT2D eigenvalue weighted by Gasteiger charge is 1.97. The predicted octanol–water partition coefficient (Wildman–Crippen LogP) is -0.284. The van der Waals surface area contributed by atoms with Crippen LogP contribution in [0.15, 0.2) is 10.5 Å². The second kappa shape index (κ2) is 5.18. The Morgan fingerprint density at radius 2 is 2.50 bits per heavy atom. The number of tetrazole rings is 1. The molecule has 14 heavy (non-hydrogen) atoms. The summed E-state index contributed by atoms with van der Waals surface area (Å²) >= 11 is 0. The maximum Gasteiger partial charge on any atom is 0.365 e. The van der Waals surface area contributed by atoms with E-state index in [4.69, 9.17) is 4.84 Å². The summed E-state index contributed by atoms with van der Waals surface area (Å²) in [5.41, 5.74) is 3.08. The summed E-state index contributed by atoms with van der Waals surface area (Å²) in [6.07, 6.45) is 2.24. The molecule has 0 unspecified atom stereocenters. The number of nitrogens with zero attached hydrogens (tertiary/aromatic N) is 3. The highest BCUT2D eigenvalue weighted by atomic mass is 16.6. The first-order valence-electron chi connectivity index (χ1n) is 4.36. The molecular weight excluding hydrogens is 186 g/mol. The molecule has 0 saturated heterocycles. The Morgan fingerprint density at radius 3 is 3.00 bits per heavy atom. The number of allylic oxidation sites excluding steroid dienone is 1. The SMILES string of the molecule is CCONC(=Cn1nn[nH]c1=O)CC. The molecule has 0 aliphatic carbocycles. The highest BCUT2D eigenvalue weighted by molar-refractivity contribution is 5.25. The Balaban J connectivity index is 2.73. The van der Waals surface area contributed by atoms with Crippen molar-refractivity contribution in [2.75, 3.05) is 6.61 Å². The molecule has 0 radical (unpaired) electrons. The van der Waals surface area contributed by atoms with Gasteiger partial charge < -0.3 is 0 Å². The molecule has 0 atom stereocenters. The lowest BCUT2D eigenvalue weighted by atomic mass is 10.4. The summed E-state index contributed by atoms with van der Waals surface area (Å²) in [4.78, 5) is 16.0. The zero-order valence-electron chi connectivity index (χ0n) is 8.15. The smallest absolute Gasteiger partial charge is 0.277 e. The Labute approximate surface area is 80.7 Å². The van der Waals surface area contributed by atoms with Gasteiger partial charge in [0.1, 0.15) is 0 Å². The molecule has 7 heteroatoms. The molecule has 1 aromatic heterocycles. The van der Waals surface area contributed by atoms with Gasteiger partial charge >= 0.3 is 5.69 Å². The van der Waals surface area contributed by atoms with Gasteiger partial charge in [-0.3, -0.25) is 10.3 Å². The zero-order valence-corrected chi connectivity index (χ0v) is 8.15. The first kappa shape index (κ1) is 10.5. The van der Waals surface area contributed by atoms with E-state index in [0.717, 1.165) is 10.4 Å². The molecule has 78 valence electrons. The van der Waals surface area contributed by atoms with Crippen molar-refractivity contribution in [2.45, 2.75) is 20.3 Å². The third-order valence-electron chi connectivity index (χ3n) is 1.50. The lowest BCUT2D eigenvalue weighted by molar-refractivity contribution is 0.0721. The van der Waals surface area contributed by atoms with E-state index in [1.165, 1.54) is 6.20 Å². The van der Waals surface area contributed by atoms with Crippen LogP contribution in [-0.4, -0.2) is 26.8 Å². The number of aromatic nitrogens is 4. The Morgan fingerprint density at radius 1 is 1.71 bits per heavy atom. The van der Waals surface area contributed by atoms with Crippen molar-refractivity contribution in [3.8, 4) is 0 Å². The molecule has 1 rings (SSSR count). The lowest BCUT2D eigenvalue weighted by Gasteiger charge is -2.06. The fourth-order valence-electron chi connectivity index (χ4n) is 0.792. The molecule has 0 bridgehead atoms. The second-order valence-corrected chi connectivity index (χ2v) is 2.49. The quantitative estimate of drug-likeness (QED) is 0.637. The first-order valence-corrected chi connectivity index (χ1v) is 4.36. The van der Waals surface area contributed by atoms with Crippen LogP contribution in [0.25, 0.3) is 6.20 Å². The molecule has 0 aliphatic heterocycles. The van der Waals surface area contributed by atoms with E-state index in [9.17, 15) is 4.79 Å². The molecule has 0 aliphatic rings. The van der Waals surface area contributed by atoms with E-state index < -0.39 is 0 Å². The van der Waals surface area contributed by atoms with Crippen LogP contribution in [0.3, 0.4) is 0 Å². The van der Waals surface area contributed by atoms with Gasteiger partial charge in [0.15, 0.2) is 0 Å². The second-order valence-electron chi connectivity index (χ2n) is 2.49. The van der Waals surface area contributed by atoms with Crippen molar-refractivity contribution in [2.24, 2.45) is 0 Å². The van der Waals surface area contributed by atoms with Crippen molar-refractivity contribution in [3.05, 3.63) is 16.2 Å². The number of nitrogens with one attached hydrogen (secondary N) is 2. The minimum absolute atomic E-state index is 0.380. The van der Waals surface area contributed by atoms with Crippen molar-refractivity contribution in [3.63, 3.8) is 0 Å². The summed E-state index contributed by atoms with van der Waals surface area (Å²) in [7, 11) is 0. The van der Waals surface area contributed by atoms with E-state index in [-0.39, 0.29) is 5.69 Å². The summed E-state index contributed by atoms with van der Waals surface area (Å²) in [5, 5.41) is 9.08. The van der Waals surface area contributed by atoms with E-state index >= 15 is 0 Å². The summed E-state index contributed by atoms with van der Waals surface area (Å²) in [5.74, 6) is 0. The van der Waals surface area contributed by atoms with Gasteiger partial charge in [-0.25, -0.2) is 9.89 Å².